The highest BCUT2D eigenvalue weighted by atomic mass is 32.2. The summed E-state index contributed by atoms with van der Waals surface area (Å²) < 4.78 is 0. The number of hydrogen-bond acceptors (Lipinski definition) is 5. The first-order valence-electron chi connectivity index (χ1n) is 11.4. The van der Waals surface area contributed by atoms with E-state index in [1.807, 2.05) is 49.6 Å². The first kappa shape index (κ1) is 23.8. The highest BCUT2D eigenvalue weighted by molar-refractivity contribution is 8.16. The third-order valence-corrected chi connectivity index (χ3v) is 7.13. The van der Waals surface area contributed by atoms with Gasteiger partial charge in [-0.3, -0.25) is 9.59 Å². The predicted octanol–water partition coefficient (Wildman–Crippen LogP) is 5.39. The molecule has 2 heterocycles. The van der Waals surface area contributed by atoms with Gasteiger partial charge in [-0.25, -0.2) is 4.99 Å². The molecule has 1 N–H and O–H groups in total. The quantitative estimate of drug-likeness (QED) is 0.610. The molecule has 7 heteroatoms. The minimum absolute atomic E-state index is 0.0388. The Morgan fingerprint density at radius 3 is 2.56 bits per heavy atom. The van der Waals surface area contributed by atoms with E-state index in [1.165, 1.54) is 11.8 Å². The van der Waals surface area contributed by atoms with E-state index < -0.39 is 0 Å². The maximum absolute atomic E-state index is 13.7. The number of nitrogens with one attached hydrogen (secondary N) is 1. The van der Waals surface area contributed by atoms with Gasteiger partial charge < -0.3 is 15.1 Å². The number of amides is 2. The number of benzene rings is 2. The van der Waals surface area contributed by atoms with Gasteiger partial charge in [-0.2, -0.15) is 0 Å². The Morgan fingerprint density at radius 2 is 1.85 bits per heavy atom. The molecule has 0 fully saturated rings. The van der Waals surface area contributed by atoms with Gasteiger partial charge in [0.2, 0.25) is 5.91 Å². The number of hydrogen-bond donors (Lipinski definition) is 1. The number of carbonyl (C=O) groups excluding carboxylic acids is 2. The van der Waals surface area contributed by atoms with Gasteiger partial charge in [0, 0.05) is 25.0 Å². The minimum atomic E-state index is -0.378. The van der Waals surface area contributed by atoms with Gasteiger partial charge in [-0.15, -0.1) is 0 Å². The molecule has 6 nitrogen and oxygen atoms in total. The molecule has 176 valence electrons. The summed E-state index contributed by atoms with van der Waals surface area (Å²) in [4.78, 5) is 35.0. The lowest BCUT2D eigenvalue weighted by Gasteiger charge is -2.37. The standard InChI is InChI=1S/C27H30N4O2S/c1-6-30(5)23(32)15-21-16-34-27-28-19(4)24(26(33)29-20-10-8-7-9-11-20)25(31(21)27)22-14-17(2)12-13-18(22)3/h7-14,16,25H,6,15H2,1-5H3,(H,29,33). The number of amidine groups is 1. The number of allylic oxidation sites excluding steroid dienone is 1. The molecule has 0 saturated heterocycles. The molecule has 0 bridgehead atoms. The number of anilines is 1. The van der Waals surface area contributed by atoms with Gasteiger partial charge in [0.05, 0.1) is 23.7 Å². The Labute approximate surface area is 205 Å². The summed E-state index contributed by atoms with van der Waals surface area (Å²) in [6, 6.07) is 15.4. The van der Waals surface area contributed by atoms with Crippen LogP contribution in [0.1, 0.15) is 43.0 Å². The molecule has 2 amide bonds. The van der Waals surface area contributed by atoms with Crippen LogP contribution in [0.2, 0.25) is 0 Å². The van der Waals surface area contributed by atoms with E-state index >= 15 is 0 Å². The minimum Gasteiger partial charge on any atom is -0.346 e. The van der Waals surface area contributed by atoms with Gasteiger partial charge in [-0.05, 0) is 56.4 Å². The molecule has 2 aromatic rings. The Morgan fingerprint density at radius 1 is 1.12 bits per heavy atom. The van der Waals surface area contributed by atoms with Crippen molar-refractivity contribution in [2.24, 2.45) is 4.99 Å². The molecule has 34 heavy (non-hydrogen) atoms. The van der Waals surface area contributed by atoms with E-state index in [0.717, 1.165) is 33.2 Å². The number of para-hydroxylation sites is 1. The van der Waals surface area contributed by atoms with Crippen LogP contribution in [0.25, 0.3) is 0 Å². The molecule has 0 radical (unpaired) electrons. The number of aryl methyl sites for hydroxylation is 2. The van der Waals surface area contributed by atoms with Crippen molar-refractivity contribution in [3.05, 3.63) is 87.6 Å². The predicted molar refractivity (Wildman–Crippen MR) is 139 cm³/mol. The van der Waals surface area contributed by atoms with Gasteiger partial charge in [0.1, 0.15) is 0 Å². The highest BCUT2D eigenvalue weighted by Gasteiger charge is 2.41. The number of aliphatic imine (C=N–C) groups is 1. The second kappa shape index (κ2) is 9.89. The van der Waals surface area contributed by atoms with Gasteiger partial charge in [-0.1, -0.05) is 53.7 Å². The summed E-state index contributed by atoms with van der Waals surface area (Å²) in [7, 11) is 1.81. The maximum atomic E-state index is 13.7. The van der Waals surface area contributed by atoms with Gasteiger partial charge in [0.25, 0.3) is 5.91 Å². The van der Waals surface area contributed by atoms with Crippen molar-refractivity contribution in [1.82, 2.24) is 9.80 Å². The van der Waals surface area contributed by atoms with Crippen LogP contribution >= 0.6 is 11.8 Å². The van der Waals surface area contributed by atoms with Crippen LogP contribution in [0, 0.1) is 13.8 Å². The summed E-state index contributed by atoms with van der Waals surface area (Å²) in [5, 5.41) is 5.83. The number of rotatable bonds is 6. The fraction of sp³-hybridized carbons (Fsp3) is 0.296. The van der Waals surface area contributed by atoms with Crippen molar-refractivity contribution in [2.45, 2.75) is 40.2 Å². The average molecular weight is 475 g/mol. The molecule has 0 saturated carbocycles. The van der Waals surface area contributed by atoms with E-state index in [4.69, 9.17) is 4.99 Å². The molecule has 1 atom stereocenters. The first-order chi connectivity index (χ1) is 16.3. The largest absolute Gasteiger partial charge is 0.346 e. The maximum Gasteiger partial charge on any atom is 0.255 e. The third kappa shape index (κ3) is 4.66. The Bertz CT molecular complexity index is 1220. The zero-order valence-electron chi connectivity index (χ0n) is 20.3. The fourth-order valence-corrected chi connectivity index (χ4v) is 5.16. The monoisotopic (exact) mass is 474 g/mol. The van der Waals surface area contributed by atoms with Crippen molar-refractivity contribution in [2.75, 3.05) is 18.9 Å². The van der Waals surface area contributed by atoms with Crippen molar-refractivity contribution < 1.29 is 9.59 Å². The van der Waals surface area contributed by atoms with Crippen LogP contribution in [-0.2, 0) is 9.59 Å². The first-order valence-corrected chi connectivity index (χ1v) is 12.3. The highest BCUT2D eigenvalue weighted by Crippen LogP contribution is 2.45. The molecule has 0 aliphatic carbocycles. The van der Waals surface area contributed by atoms with E-state index in [9.17, 15) is 9.59 Å². The summed E-state index contributed by atoms with van der Waals surface area (Å²) in [5.41, 5.74) is 6.10. The Balaban J connectivity index is 1.79. The van der Waals surface area contributed by atoms with Crippen LogP contribution in [0.4, 0.5) is 5.69 Å². The summed E-state index contributed by atoms with van der Waals surface area (Å²) in [6.07, 6.45) is 0.254. The second-order valence-corrected chi connectivity index (χ2v) is 9.49. The Kier molecular flexibility index (Phi) is 6.93. The van der Waals surface area contributed by atoms with E-state index in [2.05, 4.69) is 42.3 Å². The van der Waals surface area contributed by atoms with E-state index in [1.54, 1.807) is 11.9 Å². The third-order valence-electron chi connectivity index (χ3n) is 6.24. The van der Waals surface area contributed by atoms with Crippen LogP contribution in [-0.4, -0.2) is 40.4 Å². The van der Waals surface area contributed by atoms with Crippen molar-refractivity contribution >= 4 is 34.4 Å². The topological polar surface area (TPSA) is 65.0 Å². The molecular formula is C27H30N4O2S. The average Bonchev–Trinajstić information content (AvgIpc) is 3.21. The molecule has 2 aromatic carbocycles. The zero-order chi connectivity index (χ0) is 24.4. The van der Waals surface area contributed by atoms with Crippen LogP contribution in [0.5, 0.6) is 0 Å². The normalized spacial score (nSPS) is 17.2. The molecule has 0 aromatic heterocycles. The van der Waals surface area contributed by atoms with Crippen LogP contribution in [0.15, 0.2) is 75.9 Å². The number of carbonyl (C=O) groups is 2. The number of nitrogens with zero attached hydrogens (tertiary/aromatic N) is 3. The lowest BCUT2D eigenvalue weighted by molar-refractivity contribution is -0.129. The van der Waals surface area contributed by atoms with Gasteiger partial charge >= 0.3 is 0 Å². The molecule has 2 aliphatic heterocycles. The van der Waals surface area contributed by atoms with Crippen molar-refractivity contribution in [1.29, 1.82) is 0 Å². The fourth-order valence-electron chi connectivity index (χ4n) is 4.19. The molecule has 1 unspecified atom stereocenters. The smallest absolute Gasteiger partial charge is 0.255 e. The lowest BCUT2D eigenvalue weighted by atomic mass is 9.89. The molecule has 4 rings (SSSR count). The van der Waals surface area contributed by atoms with Crippen LogP contribution in [0.3, 0.4) is 0 Å². The Hall–Kier alpha value is -3.32. The van der Waals surface area contributed by atoms with E-state index in [0.29, 0.717) is 17.8 Å². The van der Waals surface area contributed by atoms with Crippen molar-refractivity contribution in [3.63, 3.8) is 0 Å². The summed E-state index contributed by atoms with van der Waals surface area (Å²) in [5.74, 6) is -0.150. The summed E-state index contributed by atoms with van der Waals surface area (Å²) >= 11 is 1.50. The second-order valence-electron chi connectivity index (χ2n) is 8.66. The van der Waals surface area contributed by atoms with Gasteiger partial charge in [0.15, 0.2) is 5.17 Å². The molecular weight excluding hydrogens is 444 g/mol. The number of thioether (sulfide) groups is 1. The lowest BCUT2D eigenvalue weighted by Crippen LogP contribution is -2.39. The zero-order valence-corrected chi connectivity index (χ0v) is 21.1. The SMILES string of the molecule is CCN(C)C(=O)CC1=CSC2=NC(C)=C(C(=O)Nc3ccccc3)C(c3cc(C)ccc3C)N12. The molecule has 2 aliphatic rings. The summed E-state index contributed by atoms with van der Waals surface area (Å²) in [6.45, 7) is 8.60. The van der Waals surface area contributed by atoms with Crippen LogP contribution < -0.4 is 5.32 Å². The van der Waals surface area contributed by atoms with E-state index in [-0.39, 0.29) is 24.3 Å². The number of fused-ring (bicyclic) bond motifs is 1. The molecule has 0 spiro atoms. The van der Waals surface area contributed by atoms with Crippen molar-refractivity contribution in [3.8, 4) is 0 Å².